The maximum Gasteiger partial charge on any atom is 0.0544 e. The second-order valence-corrected chi connectivity index (χ2v) is 5.46. The molecule has 0 fully saturated rings. The molecule has 1 aromatic heterocycles. The van der Waals surface area contributed by atoms with Crippen molar-refractivity contribution in [2.75, 3.05) is 0 Å². The topological polar surface area (TPSA) is 15.8 Å². The molecule has 3 aromatic carbocycles. The van der Waals surface area contributed by atoms with Crippen molar-refractivity contribution in [2.45, 2.75) is 5.88 Å². The van der Waals surface area contributed by atoms with Gasteiger partial charge in [0.2, 0.25) is 0 Å². The molecule has 0 atom stereocenters. The molecular weight excluding hydrogens is 278 g/mol. The molecule has 0 amide bonds. The van der Waals surface area contributed by atoms with E-state index in [1.807, 2.05) is 6.07 Å². The number of para-hydroxylation sites is 2. The van der Waals surface area contributed by atoms with Crippen molar-refractivity contribution in [2.24, 2.45) is 0 Å². The molecule has 1 N–H and O–H groups in total. The highest BCUT2D eigenvalue weighted by Crippen LogP contribution is 2.34. The molecule has 0 aliphatic heterocycles. The first kappa shape index (κ1) is 12.5. The molecule has 0 spiro atoms. The van der Waals surface area contributed by atoms with Gasteiger partial charge in [-0.3, -0.25) is 0 Å². The van der Waals surface area contributed by atoms with E-state index in [-0.39, 0.29) is 0 Å². The van der Waals surface area contributed by atoms with Crippen LogP contribution in [0.4, 0.5) is 0 Å². The van der Waals surface area contributed by atoms with Crippen LogP contribution in [0.2, 0.25) is 0 Å². The third-order valence-corrected chi connectivity index (χ3v) is 4.28. The number of H-pyrrole nitrogens is 1. The van der Waals surface area contributed by atoms with E-state index in [2.05, 4.69) is 65.6 Å². The third-order valence-electron chi connectivity index (χ3n) is 3.99. The SMILES string of the molecule is ClCc1ccccc1-c1cccc2c1[nH]c1ccccc12. The maximum atomic E-state index is 6.10. The van der Waals surface area contributed by atoms with E-state index in [1.54, 1.807) is 0 Å². The Morgan fingerprint density at radius 3 is 2.33 bits per heavy atom. The van der Waals surface area contributed by atoms with Gasteiger partial charge in [-0.05, 0) is 17.2 Å². The molecule has 0 aliphatic rings. The fourth-order valence-corrected chi connectivity index (χ4v) is 3.23. The zero-order valence-electron chi connectivity index (χ0n) is 11.4. The largest absolute Gasteiger partial charge is 0.354 e. The fraction of sp³-hybridized carbons (Fsp3) is 0.0526. The van der Waals surface area contributed by atoms with Crippen molar-refractivity contribution in [3.05, 3.63) is 72.3 Å². The lowest BCUT2D eigenvalue weighted by molar-refractivity contribution is 1.40. The van der Waals surface area contributed by atoms with Crippen LogP contribution in [0.3, 0.4) is 0 Å². The zero-order valence-corrected chi connectivity index (χ0v) is 12.2. The smallest absolute Gasteiger partial charge is 0.0544 e. The number of aromatic nitrogens is 1. The standard InChI is InChI=1S/C19H14ClN/c20-12-13-6-1-2-7-14(13)16-9-5-10-17-15-8-3-4-11-18(15)21-19(16)17/h1-11,21H,12H2. The maximum absolute atomic E-state index is 6.10. The van der Waals surface area contributed by atoms with E-state index in [0.29, 0.717) is 5.88 Å². The Kier molecular flexibility index (Phi) is 2.94. The van der Waals surface area contributed by atoms with Crippen LogP contribution in [-0.4, -0.2) is 4.98 Å². The normalized spacial score (nSPS) is 11.3. The second kappa shape index (κ2) is 4.94. The van der Waals surface area contributed by atoms with Crippen LogP contribution in [0.1, 0.15) is 5.56 Å². The molecule has 4 rings (SSSR count). The van der Waals surface area contributed by atoms with E-state index in [1.165, 1.54) is 32.9 Å². The Labute approximate surface area is 128 Å². The Morgan fingerprint density at radius 2 is 1.43 bits per heavy atom. The van der Waals surface area contributed by atoms with Gasteiger partial charge in [0.05, 0.1) is 5.52 Å². The number of rotatable bonds is 2. The Hall–Kier alpha value is -2.25. The number of alkyl halides is 1. The highest BCUT2D eigenvalue weighted by Gasteiger charge is 2.11. The van der Waals surface area contributed by atoms with Crippen LogP contribution in [0.5, 0.6) is 0 Å². The van der Waals surface area contributed by atoms with Gasteiger partial charge in [0.15, 0.2) is 0 Å². The molecule has 0 unspecified atom stereocenters. The predicted molar refractivity (Wildman–Crippen MR) is 90.8 cm³/mol. The molecular formula is C19H14ClN. The van der Waals surface area contributed by atoms with Gasteiger partial charge in [0.25, 0.3) is 0 Å². The molecule has 0 bridgehead atoms. The summed E-state index contributed by atoms with van der Waals surface area (Å²) in [5, 5.41) is 2.52. The van der Waals surface area contributed by atoms with Crippen LogP contribution in [-0.2, 0) is 5.88 Å². The lowest BCUT2D eigenvalue weighted by Crippen LogP contribution is -1.87. The summed E-state index contributed by atoms with van der Waals surface area (Å²) in [5.74, 6) is 0.521. The lowest BCUT2D eigenvalue weighted by Gasteiger charge is -2.08. The first-order valence-electron chi connectivity index (χ1n) is 7.02. The van der Waals surface area contributed by atoms with E-state index < -0.39 is 0 Å². The van der Waals surface area contributed by atoms with Gasteiger partial charge in [-0.2, -0.15) is 0 Å². The van der Waals surface area contributed by atoms with Crippen molar-refractivity contribution in [3.8, 4) is 11.1 Å². The van der Waals surface area contributed by atoms with Crippen LogP contribution in [0.25, 0.3) is 32.9 Å². The zero-order chi connectivity index (χ0) is 14.2. The quantitative estimate of drug-likeness (QED) is 0.454. The summed E-state index contributed by atoms with van der Waals surface area (Å²) in [6.45, 7) is 0. The van der Waals surface area contributed by atoms with Crippen LogP contribution < -0.4 is 0 Å². The van der Waals surface area contributed by atoms with Crippen molar-refractivity contribution >= 4 is 33.4 Å². The number of hydrogen-bond donors (Lipinski definition) is 1. The molecule has 102 valence electrons. The highest BCUT2D eigenvalue weighted by atomic mass is 35.5. The van der Waals surface area contributed by atoms with Crippen molar-refractivity contribution in [1.29, 1.82) is 0 Å². The van der Waals surface area contributed by atoms with Gasteiger partial charge >= 0.3 is 0 Å². The van der Waals surface area contributed by atoms with Gasteiger partial charge in [0.1, 0.15) is 0 Å². The fourth-order valence-electron chi connectivity index (χ4n) is 3.00. The molecule has 0 saturated carbocycles. The van der Waals surface area contributed by atoms with Crippen LogP contribution in [0, 0.1) is 0 Å². The van der Waals surface area contributed by atoms with E-state index in [4.69, 9.17) is 11.6 Å². The molecule has 21 heavy (non-hydrogen) atoms. The van der Waals surface area contributed by atoms with Gasteiger partial charge in [-0.25, -0.2) is 0 Å². The summed E-state index contributed by atoms with van der Waals surface area (Å²) in [7, 11) is 0. The summed E-state index contributed by atoms with van der Waals surface area (Å²) in [5.41, 5.74) is 5.91. The predicted octanol–water partition coefficient (Wildman–Crippen LogP) is 5.73. The minimum atomic E-state index is 0.521. The molecule has 0 aliphatic carbocycles. The Morgan fingerprint density at radius 1 is 0.714 bits per heavy atom. The van der Waals surface area contributed by atoms with Gasteiger partial charge in [0, 0.05) is 27.7 Å². The number of aromatic amines is 1. The number of halogens is 1. The van der Waals surface area contributed by atoms with E-state index >= 15 is 0 Å². The minimum absolute atomic E-state index is 0.521. The monoisotopic (exact) mass is 291 g/mol. The Bertz CT molecular complexity index is 937. The summed E-state index contributed by atoms with van der Waals surface area (Å²) < 4.78 is 0. The van der Waals surface area contributed by atoms with Crippen molar-refractivity contribution < 1.29 is 0 Å². The summed E-state index contributed by atoms with van der Waals surface area (Å²) >= 11 is 6.10. The van der Waals surface area contributed by atoms with Crippen LogP contribution >= 0.6 is 11.6 Å². The van der Waals surface area contributed by atoms with E-state index in [9.17, 15) is 0 Å². The molecule has 4 aromatic rings. The van der Waals surface area contributed by atoms with Gasteiger partial charge in [-0.15, -0.1) is 11.6 Å². The first-order chi connectivity index (χ1) is 10.4. The third kappa shape index (κ3) is 1.93. The number of nitrogens with one attached hydrogen (secondary N) is 1. The van der Waals surface area contributed by atoms with Crippen LogP contribution in [0.15, 0.2) is 66.7 Å². The lowest BCUT2D eigenvalue weighted by atomic mass is 9.98. The molecule has 0 radical (unpaired) electrons. The summed E-state index contributed by atoms with van der Waals surface area (Å²) in [4.78, 5) is 3.55. The first-order valence-corrected chi connectivity index (χ1v) is 7.55. The minimum Gasteiger partial charge on any atom is -0.354 e. The second-order valence-electron chi connectivity index (χ2n) is 5.19. The van der Waals surface area contributed by atoms with Gasteiger partial charge < -0.3 is 4.98 Å². The Balaban J connectivity index is 2.10. The molecule has 0 saturated heterocycles. The van der Waals surface area contributed by atoms with Crippen molar-refractivity contribution in [3.63, 3.8) is 0 Å². The highest BCUT2D eigenvalue weighted by molar-refractivity contribution is 6.18. The number of fused-ring (bicyclic) bond motifs is 3. The average molecular weight is 292 g/mol. The van der Waals surface area contributed by atoms with E-state index in [0.717, 1.165) is 5.56 Å². The molecule has 1 heterocycles. The van der Waals surface area contributed by atoms with Gasteiger partial charge in [-0.1, -0.05) is 60.7 Å². The van der Waals surface area contributed by atoms with Crippen molar-refractivity contribution in [1.82, 2.24) is 4.98 Å². The summed E-state index contributed by atoms with van der Waals surface area (Å²) in [6, 6.07) is 23.2. The molecule has 1 nitrogen and oxygen atoms in total. The summed E-state index contributed by atoms with van der Waals surface area (Å²) in [6.07, 6.45) is 0. The molecule has 2 heteroatoms. The number of benzene rings is 3. The average Bonchev–Trinajstić information content (AvgIpc) is 2.93. The number of hydrogen-bond acceptors (Lipinski definition) is 0.